The van der Waals surface area contributed by atoms with Crippen LogP contribution >= 0.6 is 0 Å². The number of methoxy groups -OCH3 is 1. The van der Waals surface area contributed by atoms with E-state index < -0.39 is 0 Å². The van der Waals surface area contributed by atoms with E-state index in [1.807, 2.05) is 29.1 Å². The zero-order chi connectivity index (χ0) is 14.7. The molecule has 1 aromatic carbocycles. The number of imidazole rings is 1. The van der Waals surface area contributed by atoms with Gasteiger partial charge in [-0.3, -0.25) is 9.55 Å². The Balaban J connectivity index is 2.02. The van der Waals surface area contributed by atoms with Crippen LogP contribution in [0, 0.1) is 0 Å². The molecule has 21 heavy (non-hydrogen) atoms. The lowest BCUT2D eigenvalue weighted by Gasteiger charge is -2.16. The average molecular weight is 282 g/mol. The first-order chi connectivity index (χ1) is 10.3. The van der Waals surface area contributed by atoms with E-state index in [2.05, 4.69) is 34.3 Å². The number of nitrogens with zero attached hydrogens (tertiary/aromatic N) is 3. The first-order valence-corrected chi connectivity index (χ1v) is 6.91. The Hall–Kier alpha value is -2.40. The second-order valence-electron chi connectivity index (χ2n) is 5.00. The van der Waals surface area contributed by atoms with Gasteiger partial charge >= 0.3 is 0 Å². The van der Waals surface area contributed by atoms with Crippen LogP contribution in [0.15, 0.2) is 49.1 Å². The van der Waals surface area contributed by atoms with E-state index in [1.54, 1.807) is 19.5 Å². The normalized spacial score (nSPS) is 12.5. The highest BCUT2D eigenvalue weighted by Gasteiger charge is 2.10. The van der Waals surface area contributed by atoms with Crippen LogP contribution in [0.25, 0.3) is 16.5 Å². The number of aromatic nitrogens is 3. The minimum absolute atomic E-state index is 0.184. The van der Waals surface area contributed by atoms with Crippen LogP contribution in [0.2, 0.25) is 0 Å². The number of ether oxygens (including phenoxy) is 1. The van der Waals surface area contributed by atoms with Gasteiger partial charge in [-0.1, -0.05) is 12.1 Å². The smallest absolute Gasteiger partial charge is 0.207 e. The third-order valence-corrected chi connectivity index (χ3v) is 3.35. The summed E-state index contributed by atoms with van der Waals surface area (Å²) in [6.07, 6.45) is 7.42. The van der Waals surface area contributed by atoms with Gasteiger partial charge in [0.25, 0.3) is 0 Å². The predicted octanol–water partition coefficient (Wildman–Crippen LogP) is 2.87. The maximum atomic E-state index is 5.16. The second kappa shape index (κ2) is 5.93. The summed E-state index contributed by atoms with van der Waals surface area (Å²) in [6.45, 7) is 2.69. The van der Waals surface area contributed by atoms with Crippen molar-refractivity contribution >= 4 is 16.7 Å². The van der Waals surface area contributed by atoms with Gasteiger partial charge < -0.3 is 10.1 Å². The number of rotatable bonds is 5. The van der Waals surface area contributed by atoms with Gasteiger partial charge in [0.2, 0.25) is 5.95 Å². The van der Waals surface area contributed by atoms with Crippen LogP contribution in [0.5, 0.6) is 0 Å². The molecule has 0 saturated carbocycles. The largest absolute Gasteiger partial charge is 0.383 e. The first-order valence-electron chi connectivity index (χ1n) is 6.91. The molecule has 0 bridgehead atoms. The van der Waals surface area contributed by atoms with Gasteiger partial charge in [-0.05, 0) is 24.4 Å². The van der Waals surface area contributed by atoms with Crippen molar-refractivity contribution in [1.29, 1.82) is 0 Å². The Bertz CT molecular complexity index is 732. The minimum atomic E-state index is 0.184. The summed E-state index contributed by atoms with van der Waals surface area (Å²) < 4.78 is 7.20. The summed E-state index contributed by atoms with van der Waals surface area (Å²) >= 11 is 0. The number of hydrogen-bond donors (Lipinski definition) is 1. The zero-order valence-corrected chi connectivity index (χ0v) is 12.2. The minimum Gasteiger partial charge on any atom is -0.383 e. The summed E-state index contributed by atoms with van der Waals surface area (Å²) in [4.78, 5) is 8.63. The van der Waals surface area contributed by atoms with Gasteiger partial charge in [-0.2, -0.15) is 0 Å². The van der Waals surface area contributed by atoms with Crippen LogP contribution in [0.1, 0.15) is 6.92 Å². The average Bonchev–Trinajstić information content (AvgIpc) is 2.95. The van der Waals surface area contributed by atoms with Crippen LogP contribution in [0.3, 0.4) is 0 Å². The Morgan fingerprint density at radius 2 is 2.19 bits per heavy atom. The van der Waals surface area contributed by atoms with Crippen LogP contribution in [-0.4, -0.2) is 34.3 Å². The fourth-order valence-electron chi connectivity index (χ4n) is 2.42. The van der Waals surface area contributed by atoms with E-state index in [0.29, 0.717) is 6.61 Å². The molecule has 0 spiro atoms. The first kappa shape index (κ1) is 13.6. The summed E-state index contributed by atoms with van der Waals surface area (Å²) in [5.41, 5.74) is 1.06. The van der Waals surface area contributed by atoms with Crippen LogP contribution < -0.4 is 5.32 Å². The maximum Gasteiger partial charge on any atom is 0.207 e. The van der Waals surface area contributed by atoms with Gasteiger partial charge in [0.05, 0.1) is 12.3 Å². The van der Waals surface area contributed by atoms with E-state index >= 15 is 0 Å². The van der Waals surface area contributed by atoms with E-state index in [0.717, 1.165) is 22.4 Å². The number of fused-ring (bicyclic) bond motifs is 1. The molecule has 0 amide bonds. The number of benzene rings is 1. The van der Waals surface area contributed by atoms with E-state index in [1.165, 1.54) is 0 Å². The van der Waals surface area contributed by atoms with E-state index in [4.69, 9.17) is 4.74 Å². The van der Waals surface area contributed by atoms with Gasteiger partial charge in [-0.15, -0.1) is 0 Å². The molecule has 108 valence electrons. The topological polar surface area (TPSA) is 52.0 Å². The molecule has 0 saturated heterocycles. The Labute approximate surface area is 123 Å². The van der Waals surface area contributed by atoms with Crippen molar-refractivity contribution in [2.75, 3.05) is 19.0 Å². The number of pyridine rings is 1. The van der Waals surface area contributed by atoms with Crippen molar-refractivity contribution in [3.05, 3.63) is 49.1 Å². The maximum absolute atomic E-state index is 5.16. The van der Waals surface area contributed by atoms with Gasteiger partial charge in [0.15, 0.2) is 0 Å². The number of hydrogen-bond acceptors (Lipinski definition) is 4. The van der Waals surface area contributed by atoms with Crippen molar-refractivity contribution in [3.8, 4) is 5.69 Å². The molecule has 0 radical (unpaired) electrons. The van der Waals surface area contributed by atoms with Crippen molar-refractivity contribution in [2.45, 2.75) is 13.0 Å². The van der Waals surface area contributed by atoms with Crippen LogP contribution in [0.4, 0.5) is 5.95 Å². The summed E-state index contributed by atoms with van der Waals surface area (Å²) in [7, 11) is 1.70. The number of anilines is 1. The second-order valence-corrected chi connectivity index (χ2v) is 5.00. The molecular formula is C16H18N4O. The molecule has 0 aliphatic heterocycles. The molecule has 2 heterocycles. The summed E-state index contributed by atoms with van der Waals surface area (Å²) in [5.74, 6) is 0.802. The van der Waals surface area contributed by atoms with Gasteiger partial charge in [0, 0.05) is 43.3 Å². The molecule has 5 nitrogen and oxygen atoms in total. The van der Waals surface area contributed by atoms with Crippen molar-refractivity contribution in [1.82, 2.24) is 14.5 Å². The lowest BCUT2D eigenvalue weighted by molar-refractivity contribution is 0.190. The van der Waals surface area contributed by atoms with E-state index in [9.17, 15) is 0 Å². The summed E-state index contributed by atoms with van der Waals surface area (Å²) in [6, 6.07) is 8.39. The SMILES string of the molecule is COCC(C)Nc1nccn1-c1cccc2ccncc12. The van der Waals surface area contributed by atoms with Crippen molar-refractivity contribution in [3.63, 3.8) is 0 Å². The molecule has 0 fully saturated rings. The molecule has 0 aliphatic carbocycles. The summed E-state index contributed by atoms with van der Waals surface area (Å²) in [5, 5.41) is 5.62. The Kier molecular flexibility index (Phi) is 3.83. The number of nitrogens with one attached hydrogen (secondary N) is 1. The third kappa shape index (κ3) is 2.73. The van der Waals surface area contributed by atoms with Crippen molar-refractivity contribution in [2.24, 2.45) is 0 Å². The highest BCUT2D eigenvalue weighted by Crippen LogP contribution is 2.24. The molecule has 1 unspecified atom stereocenters. The highest BCUT2D eigenvalue weighted by molar-refractivity contribution is 5.89. The van der Waals surface area contributed by atoms with Gasteiger partial charge in [0.1, 0.15) is 0 Å². The monoisotopic (exact) mass is 282 g/mol. The highest BCUT2D eigenvalue weighted by atomic mass is 16.5. The quantitative estimate of drug-likeness (QED) is 0.782. The lowest BCUT2D eigenvalue weighted by atomic mass is 10.1. The van der Waals surface area contributed by atoms with Gasteiger partial charge in [-0.25, -0.2) is 4.98 Å². The molecule has 1 atom stereocenters. The fraction of sp³-hybridized carbons (Fsp3) is 0.250. The Morgan fingerprint density at radius 1 is 1.29 bits per heavy atom. The molecule has 2 aromatic heterocycles. The molecule has 0 aliphatic rings. The van der Waals surface area contributed by atoms with E-state index in [-0.39, 0.29) is 6.04 Å². The molecular weight excluding hydrogens is 264 g/mol. The molecule has 5 heteroatoms. The molecule has 1 N–H and O–H groups in total. The fourth-order valence-corrected chi connectivity index (χ4v) is 2.42. The zero-order valence-electron chi connectivity index (χ0n) is 12.2. The predicted molar refractivity (Wildman–Crippen MR) is 83.8 cm³/mol. The third-order valence-electron chi connectivity index (χ3n) is 3.35. The molecule has 3 aromatic rings. The lowest BCUT2D eigenvalue weighted by Crippen LogP contribution is -2.22. The standard InChI is InChI=1S/C16H18N4O/c1-12(11-21-2)19-16-18-8-9-20(16)15-5-3-4-13-6-7-17-10-14(13)15/h3-10,12H,11H2,1-2H3,(H,18,19). The van der Waals surface area contributed by atoms with Crippen LogP contribution in [-0.2, 0) is 4.74 Å². The molecule has 3 rings (SSSR count). The van der Waals surface area contributed by atoms with Crippen molar-refractivity contribution < 1.29 is 4.74 Å². The Morgan fingerprint density at radius 3 is 3.05 bits per heavy atom.